The summed E-state index contributed by atoms with van der Waals surface area (Å²) in [6.07, 6.45) is -0.0848. The molecule has 7 nitrogen and oxygen atoms in total. The van der Waals surface area contributed by atoms with Crippen molar-refractivity contribution >= 4 is 17.4 Å². The van der Waals surface area contributed by atoms with Crippen LogP contribution in [0.4, 0.5) is 11.5 Å². The van der Waals surface area contributed by atoms with Gasteiger partial charge in [-0.05, 0) is 5.56 Å². The smallest absolute Gasteiger partial charge is 0.273 e. The van der Waals surface area contributed by atoms with Gasteiger partial charge in [-0.3, -0.25) is 14.9 Å². The lowest BCUT2D eigenvalue weighted by Crippen LogP contribution is -2.18. The number of carbonyl (C=O) groups is 1. The molecule has 0 unspecified atom stereocenters. The van der Waals surface area contributed by atoms with Gasteiger partial charge in [-0.2, -0.15) is 5.10 Å². The zero-order chi connectivity index (χ0) is 21.0. The number of hydrogen-bond donors (Lipinski definition) is 1. The summed E-state index contributed by atoms with van der Waals surface area (Å²) >= 11 is 0. The van der Waals surface area contributed by atoms with E-state index in [1.54, 1.807) is 22.9 Å². The quantitative estimate of drug-likeness (QED) is 0.500. The maximum absolute atomic E-state index is 12.6. The molecule has 0 fully saturated rings. The van der Waals surface area contributed by atoms with Gasteiger partial charge in [-0.15, -0.1) is 0 Å². The Morgan fingerprint density at radius 1 is 1.10 bits per heavy atom. The summed E-state index contributed by atoms with van der Waals surface area (Å²) in [7, 11) is 0. The summed E-state index contributed by atoms with van der Waals surface area (Å²) in [5.41, 5.74) is 2.05. The van der Waals surface area contributed by atoms with Gasteiger partial charge in [-0.25, -0.2) is 4.68 Å². The number of nitro groups is 1. The maximum atomic E-state index is 12.6. The van der Waals surface area contributed by atoms with Crippen molar-refractivity contribution in [2.24, 2.45) is 0 Å². The highest BCUT2D eigenvalue weighted by atomic mass is 16.6. The third-order valence-corrected chi connectivity index (χ3v) is 4.53. The van der Waals surface area contributed by atoms with Crippen LogP contribution in [0.5, 0.6) is 0 Å². The molecule has 150 valence electrons. The number of aromatic nitrogens is 2. The van der Waals surface area contributed by atoms with E-state index in [2.05, 4.69) is 31.2 Å². The monoisotopic (exact) mass is 392 g/mol. The zero-order valence-corrected chi connectivity index (χ0v) is 16.8. The van der Waals surface area contributed by atoms with E-state index < -0.39 is 4.92 Å². The molecule has 0 spiro atoms. The fourth-order valence-corrected chi connectivity index (χ4v) is 2.96. The van der Waals surface area contributed by atoms with Gasteiger partial charge in [0, 0.05) is 23.1 Å². The van der Waals surface area contributed by atoms with Crippen molar-refractivity contribution in [2.45, 2.75) is 39.2 Å². The first-order valence-corrected chi connectivity index (χ1v) is 9.38. The van der Waals surface area contributed by atoms with Gasteiger partial charge in [0.1, 0.15) is 5.82 Å². The van der Waals surface area contributed by atoms with Crippen LogP contribution in [-0.2, 0) is 23.2 Å². The van der Waals surface area contributed by atoms with E-state index in [1.165, 1.54) is 6.07 Å². The Bertz CT molecular complexity index is 1020. The molecule has 0 aliphatic heterocycles. The Balaban J connectivity index is 1.85. The van der Waals surface area contributed by atoms with Crippen LogP contribution in [0.2, 0.25) is 0 Å². The van der Waals surface area contributed by atoms with Crippen molar-refractivity contribution in [3.05, 3.63) is 87.6 Å². The SMILES string of the molecule is CC(C)(C)c1cc(NC(=O)Cc2ccccc2[N+](=O)[O-])n(Cc2ccccc2)n1. The van der Waals surface area contributed by atoms with E-state index in [4.69, 9.17) is 0 Å². The Morgan fingerprint density at radius 3 is 2.41 bits per heavy atom. The normalized spacial score (nSPS) is 11.3. The number of nitro benzene ring substituents is 1. The molecule has 0 saturated heterocycles. The lowest BCUT2D eigenvalue weighted by atomic mass is 9.92. The molecule has 2 aromatic carbocycles. The van der Waals surface area contributed by atoms with E-state index in [-0.39, 0.29) is 23.4 Å². The van der Waals surface area contributed by atoms with Gasteiger partial charge in [0.15, 0.2) is 0 Å². The minimum atomic E-state index is -0.472. The number of anilines is 1. The predicted molar refractivity (Wildman–Crippen MR) is 112 cm³/mol. The van der Waals surface area contributed by atoms with Gasteiger partial charge >= 0.3 is 0 Å². The summed E-state index contributed by atoms with van der Waals surface area (Å²) in [6, 6.07) is 18.0. The van der Waals surface area contributed by atoms with Crippen LogP contribution in [0.3, 0.4) is 0 Å². The van der Waals surface area contributed by atoms with Crippen LogP contribution < -0.4 is 5.32 Å². The topological polar surface area (TPSA) is 90.1 Å². The molecule has 1 amide bonds. The van der Waals surface area contributed by atoms with Gasteiger partial charge in [0.2, 0.25) is 5.91 Å². The lowest BCUT2D eigenvalue weighted by molar-refractivity contribution is -0.385. The minimum Gasteiger partial charge on any atom is -0.311 e. The molecule has 0 aliphatic carbocycles. The summed E-state index contributed by atoms with van der Waals surface area (Å²) in [6.45, 7) is 6.68. The van der Waals surface area contributed by atoms with Gasteiger partial charge < -0.3 is 5.32 Å². The Hall–Kier alpha value is -3.48. The van der Waals surface area contributed by atoms with Crippen LogP contribution in [-0.4, -0.2) is 20.6 Å². The average molecular weight is 392 g/mol. The Morgan fingerprint density at radius 2 is 1.76 bits per heavy atom. The first-order valence-electron chi connectivity index (χ1n) is 9.38. The maximum Gasteiger partial charge on any atom is 0.273 e. The molecule has 0 atom stereocenters. The Labute approximate surface area is 169 Å². The largest absolute Gasteiger partial charge is 0.311 e. The number of benzene rings is 2. The molecule has 29 heavy (non-hydrogen) atoms. The number of hydrogen-bond acceptors (Lipinski definition) is 4. The molecule has 0 radical (unpaired) electrons. The van der Waals surface area contributed by atoms with Gasteiger partial charge in [0.05, 0.1) is 23.6 Å². The Kier molecular flexibility index (Phi) is 5.77. The highest BCUT2D eigenvalue weighted by Crippen LogP contribution is 2.25. The molecule has 1 aromatic heterocycles. The lowest BCUT2D eigenvalue weighted by Gasteiger charge is -2.14. The fraction of sp³-hybridized carbons (Fsp3) is 0.273. The van der Waals surface area contributed by atoms with Crippen LogP contribution >= 0.6 is 0 Å². The van der Waals surface area contributed by atoms with Crippen molar-refractivity contribution in [1.29, 1.82) is 0 Å². The van der Waals surface area contributed by atoms with Crippen molar-refractivity contribution in [3.8, 4) is 0 Å². The van der Waals surface area contributed by atoms with Crippen molar-refractivity contribution < 1.29 is 9.72 Å². The number of para-hydroxylation sites is 1. The zero-order valence-electron chi connectivity index (χ0n) is 16.8. The molecule has 3 aromatic rings. The molecule has 3 rings (SSSR count). The van der Waals surface area contributed by atoms with Crippen molar-refractivity contribution in [3.63, 3.8) is 0 Å². The number of rotatable bonds is 6. The van der Waals surface area contributed by atoms with Crippen molar-refractivity contribution in [2.75, 3.05) is 5.32 Å². The van der Waals surface area contributed by atoms with Crippen molar-refractivity contribution in [1.82, 2.24) is 9.78 Å². The van der Waals surface area contributed by atoms with E-state index in [0.717, 1.165) is 11.3 Å². The third-order valence-electron chi connectivity index (χ3n) is 4.53. The molecular weight excluding hydrogens is 368 g/mol. The highest BCUT2D eigenvalue weighted by molar-refractivity contribution is 5.92. The molecular formula is C22H24N4O3. The second-order valence-electron chi connectivity index (χ2n) is 7.92. The van der Waals surface area contributed by atoms with E-state index in [0.29, 0.717) is 17.9 Å². The minimum absolute atomic E-state index is 0.0594. The van der Waals surface area contributed by atoms with Crippen LogP contribution in [0, 0.1) is 10.1 Å². The summed E-state index contributed by atoms with van der Waals surface area (Å²) in [5, 5.41) is 18.7. The van der Waals surface area contributed by atoms with E-state index in [1.807, 2.05) is 36.4 Å². The first-order chi connectivity index (χ1) is 13.7. The molecule has 0 aliphatic rings. The number of nitrogens with one attached hydrogen (secondary N) is 1. The molecule has 1 N–H and O–H groups in total. The van der Waals surface area contributed by atoms with Gasteiger partial charge in [-0.1, -0.05) is 69.3 Å². The second kappa shape index (κ2) is 8.26. The third kappa shape index (κ3) is 5.07. The highest BCUT2D eigenvalue weighted by Gasteiger charge is 2.22. The molecule has 0 bridgehead atoms. The number of amides is 1. The summed E-state index contributed by atoms with van der Waals surface area (Å²) in [4.78, 5) is 23.4. The summed E-state index contributed by atoms with van der Waals surface area (Å²) in [5.74, 6) is 0.247. The molecule has 0 saturated carbocycles. The predicted octanol–water partition coefficient (Wildman–Crippen LogP) is 4.32. The van der Waals surface area contributed by atoms with Crippen LogP contribution in [0.15, 0.2) is 60.7 Å². The number of nitrogens with zero attached hydrogens (tertiary/aromatic N) is 3. The fourth-order valence-electron chi connectivity index (χ4n) is 2.96. The average Bonchev–Trinajstić information content (AvgIpc) is 3.05. The van der Waals surface area contributed by atoms with E-state index >= 15 is 0 Å². The number of carbonyl (C=O) groups excluding carboxylic acids is 1. The second-order valence-corrected chi connectivity index (χ2v) is 7.92. The molecule has 1 heterocycles. The van der Waals surface area contributed by atoms with Crippen LogP contribution in [0.1, 0.15) is 37.6 Å². The van der Waals surface area contributed by atoms with E-state index in [9.17, 15) is 14.9 Å². The van der Waals surface area contributed by atoms with Gasteiger partial charge in [0.25, 0.3) is 5.69 Å². The molecule has 7 heteroatoms. The van der Waals surface area contributed by atoms with Crippen LogP contribution in [0.25, 0.3) is 0 Å². The standard InChI is InChI=1S/C22H24N4O3/c1-22(2,3)19-14-20(25(24-19)15-16-9-5-4-6-10-16)23-21(27)13-17-11-7-8-12-18(17)26(28)29/h4-12,14H,13,15H2,1-3H3,(H,23,27). The first kappa shape index (κ1) is 20.3. The summed E-state index contributed by atoms with van der Waals surface area (Å²) < 4.78 is 1.76.